The third kappa shape index (κ3) is 2.69. The van der Waals surface area contributed by atoms with Gasteiger partial charge in [0.2, 0.25) is 0 Å². The molecule has 108 valence electrons. The second-order valence-electron chi connectivity index (χ2n) is 4.86. The van der Waals surface area contributed by atoms with Crippen LogP contribution in [0, 0.1) is 6.92 Å². The molecule has 0 fully saturated rings. The minimum atomic E-state index is 0.813. The molecule has 3 rings (SSSR count). The first kappa shape index (κ1) is 13.8. The molecule has 4 nitrogen and oxygen atoms in total. The molecule has 0 atom stereocenters. The number of hydrogen-bond acceptors (Lipinski definition) is 5. The molecular weight excluding hydrogens is 280 g/mol. The van der Waals surface area contributed by atoms with E-state index in [0.29, 0.717) is 0 Å². The van der Waals surface area contributed by atoms with Crippen LogP contribution in [0.15, 0.2) is 29.6 Å². The highest BCUT2D eigenvalue weighted by Crippen LogP contribution is 2.28. The van der Waals surface area contributed by atoms with Crippen molar-refractivity contribution < 1.29 is 0 Å². The number of fused-ring (bicyclic) bond motifs is 1. The predicted molar refractivity (Wildman–Crippen MR) is 90.8 cm³/mol. The predicted octanol–water partition coefficient (Wildman–Crippen LogP) is 4.35. The minimum Gasteiger partial charge on any atom is -0.373 e. The summed E-state index contributed by atoms with van der Waals surface area (Å²) in [5, 5.41) is 9.91. The molecule has 2 aromatic heterocycles. The van der Waals surface area contributed by atoms with E-state index in [0.717, 1.165) is 35.1 Å². The van der Waals surface area contributed by atoms with Gasteiger partial charge in [0.1, 0.15) is 17.5 Å². The molecule has 0 unspecified atom stereocenters. The van der Waals surface area contributed by atoms with Crippen LogP contribution in [0.2, 0.25) is 0 Å². The first-order chi connectivity index (χ1) is 10.2. The number of aryl methyl sites for hydroxylation is 1. The summed E-state index contributed by atoms with van der Waals surface area (Å²) in [6.45, 7) is 4.09. The van der Waals surface area contributed by atoms with E-state index in [9.17, 15) is 0 Å². The molecule has 0 aliphatic heterocycles. The number of thiophene rings is 1. The van der Waals surface area contributed by atoms with Gasteiger partial charge in [-0.25, -0.2) is 9.97 Å². The van der Waals surface area contributed by atoms with E-state index in [1.807, 2.05) is 14.0 Å². The molecule has 0 amide bonds. The van der Waals surface area contributed by atoms with Gasteiger partial charge in [-0.3, -0.25) is 0 Å². The number of rotatable bonds is 4. The van der Waals surface area contributed by atoms with E-state index < -0.39 is 0 Å². The Bertz CT molecular complexity index is 779. The van der Waals surface area contributed by atoms with Gasteiger partial charge in [-0.2, -0.15) is 0 Å². The zero-order valence-corrected chi connectivity index (χ0v) is 13.2. The van der Waals surface area contributed by atoms with Gasteiger partial charge >= 0.3 is 0 Å². The van der Waals surface area contributed by atoms with Crippen molar-refractivity contribution in [1.82, 2.24) is 9.97 Å². The van der Waals surface area contributed by atoms with Crippen LogP contribution >= 0.6 is 11.3 Å². The normalized spacial score (nSPS) is 10.8. The van der Waals surface area contributed by atoms with Crippen LogP contribution < -0.4 is 10.6 Å². The first-order valence-electron chi connectivity index (χ1n) is 7.00. The summed E-state index contributed by atoms with van der Waals surface area (Å²) in [6.07, 6.45) is 0.813. The van der Waals surface area contributed by atoms with Crippen molar-refractivity contribution in [2.75, 3.05) is 17.7 Å². The molecule has 5 heteroatoms. The molecule has 2 N–H and O–H groups in total. The van der Waals surface area contributed by atoms with Gasteiger partial charge in [0.15, 0.2) is 0 Å². The van der Waals surface area contributed by atoms with Gasteiger partial charge in [-0.1, -0.05) is 6.92 Å². The lowest BCUT2D eigenvalue weighted by atomic mass is 10.2. The molecule has 0 bridgehead atoms. The SMILES string of the molecule is CCc1nc(NC)c(C)c(Nc2ccc3sccc3c2)n1. The fourth-order valence-electron chi connectivity index (χ4n) is 2.27. The molecule has 0 saturated heterocycles. The largest absolute Gasteiger partial charge is 0.373 e. The Morgan fingerprint density at radius 1 is 1.14 bits per heavy atom. The van der Waals surface area contributed by atoms with Crippen molar-refractivity contribution in [2.45, 2.75) is 20.3 Å². The van der Waals surface area contributed by atoms with Gasteiger partial charge in [0.25, 0.3) is 0 Å². The summed E-state index contributed by atoms with van der Waals surface area (Å²) < 4.78 is 1.30. The van der Waals surface area contributed by atoms with E-state index in [2.05, 4.69) is 57.2 Å². The molecule has 3 aromatic rings. The van der Waals surface area contributed by atoms with Crippen LogP contribution in [0.25, 0.3) is 10.1 Å². The summed E-state index contributed by atoms with van der Waals surface area (Å²) in [5.41, 5.74) is 2.08. The van der Waals surface area contributed by atoms with Gasteiger partial charge < -0.3 is 10.6 Å². The summed E-state index contributed by atoms with van der Waals surface area (Å²) in [6, 6.07) is 8.51. The molecule has 0 radical (unpaired) electrons. The maximum atomic E-state index is 4.60. The molecule has 0 aliphatic rings. The number of nitrogens with one attached hydrogen (secondary N) is 2. The fraction of sp³-hybridized carbons (Fsp3) is 0.250. The Labute approximate surface area is 128 Å². The number of benzene rings is 1. The number of aromatic nitrogens is 2. The molecule has 2 heterocycles. The van der Waals surface area contributed by atoms with E-state index >= 15 is 0 Å². The Balaban J connectivity index is 1.99. The highest BCUT2D eigenvalue weighted by Gasteiger charge is 2.09. The molecule has 0 spiro atoms. The van der Waals surface area contributed by atoms with E-state index in [4.69, 9.17) is 0 Å². The third-order valence-electron chi connectivity index (χ3n) is 3.46. The summed E-state index contributed by atoms with van der Waals surface area (Å²) in [5.74, 6) is 2.57. The zero-order chi connectivity index (χ0) is 14.8. The summed E-state index contributed by atoms with van der Waals surface area (Å²) in [4.78, 5) is 9.10. The van der Waals surface area contributed by atoms with Crippen molar-refractivity contribution >= 4 is 38.7 Å². The van der Waals surface area contributed by atoms with Crippen molar-refractivity contribution in [3.05, 3.63) is 41.0 Å². The van der Waals surface area contributed by atoms with Gasteiger partial charge in [0.05, 0.1) is 0 Å². The van der Waals surface area contributed by atoms with Gasteiger partial charge in [0, 0.05) is 29.4 Å². The van der Waals surface area contributed by atoms with Crippen LogP contribution in [0.4, 0.5) is 17.3 Å². The summed E-state index contributed by atoms with van der Waals surface area (Å²) >= 11 is 1.75. The van der Waals surface area contributed by atoms with Crippen LogP contribution in [-0.2, 0) is 6.42 Å². The summed E-state index contributed by atoms with van der Waals surface area (Å²) in [7, 11) is 1.88. The Hall–Kier alpha value is -2.14. The van der Waals surface area contributed by atoms with Crippen molar-refractivity contribution in [2.24, 2.45) is 0 Å². The second-order valence-corrected chi connectivity index (χ2v) is 5.81. The molecular formula is C16H18N4S. The lowest BCUT2D eigenvalue weighted by Crippen LogP contribution is -2.06. The molecule has 0 aliphatic carbocycles. The average molecular weight is 298 g/mol. The third-order valence-corrected chi connectivity index (χ3v) is 4.36. The highest BCUT2D eigenvalue weighted by molar-refractivity contribution is 7.17. The van der Waals surface area contributed by atoms with Gasteiger partial charge in [-0.15, -0.1) is 11.3 Å². The fourth-order valence-corrected chi connectivity index (χ4v) is 3.04. The highest BCUT2D eigenvalue weighted by atomic mass is 32.1. The van der Waals surface area contributed by atoms with Crippen LogP contribution in [0.5, 0.6) is 0 Å². The quantitative estimate of drug-likeness (QED) is 0.752. The van der Waals surface area contributed by atoms with Crippen LogP contribution in [-0.4, -0.2) is 17.0 Å². The van der Waals surface area contributed by atoms with Crippen molar-refractivity contribution in [3.63, 3.8) is 0 Å². The maximum absolute atomic E-state index is 4.60. The van der Waals surface area contributed by atoms with E-state index in [-0.39, 0.29) is 0 Å². The maximum Gasteiger partial charge on any atom is 0.139 e. The topological polar surface area (TPSA) is 49.8 Å². The molecule has 0 saturated carbocycles. The lowest BCUT2D eigenvalue weighted by molar-refractivity contribution is 0.936. The molecule has 1 aromatic carbocycles. The standard InChI is InChI=1S/C16H18N4S/c1-4-14-19-15(17-3)10(2)16(20-14)18-12-5-6-13-11(9-12)7-8-21-13/h5-9H,4H2,1-3H3,(H2,17,18,19,20). The van der Waals surface area contributed by atoms with Gasteiger partial charge in [-0.05, 0) is 42.0 Å². The smallest absolute Gasteiger partial charge is 0.139 e. The Morgan fingerprint density at radius 2 is 1.95 bits per heavy atom. The number of anilines is 3. The Morgan fingerprint density at radius 3 is 2.71 bits per heavy atom. The second kappa shape index (κ2) is 5.69. The average Bonchev–Trinajstić information content (AvgIpc) is 2.97. The number of nitrogens with zero attached hydrogens (tertiary/aromatic N) is 2. The van der Waals surface area contributed by atoms with E-state index in [1.54, 1.807) is 11.3 Å². The molecule has 21 heavy (non-hydrogen) atoms. The van der Waals surface area contributed by atoms with Crippen molar-refractivity contribution in [1.29, 1.82) is 0 Å². The zero-order valence-electron chi connectivity index (χ0n) is 12.4. The Kier molecular flexibility index (Phi) is 3.75. The van der Waals surface area contributed by atoms with E-state index in [1.165, 1.54) is 10.1 Å². The lowest BCUT2D eigenvalue weighted by Gasteiger charge is -2.13. The van der Waals surface area contributed by atoms with Crippen molar-refractivity contribution in [3.8, 4) is 0 Å². The first-order valence-corrected chi connectivity index (χ1v) is 7.88. The van der Waals surface area contributed by atoms with Crippen LogP contribution in [0.3, 0.4) is 0 Å². The van der Waals surface area contributed by atoms with Crippen LogP contribution in [0.1, 0.15) is 18.3 Å². The number of hydrogen-bond donors (Lipinski definition) is 2. The minimum absolute atomic E-state index is 0.813. The monoisotopic (exact) mass is 298 g/mol.